The molecule has 39 heavy (non-hydrogen) atoms. The molecule has 0 bridgehead atoms. The third-order valence-corrected chi connectivity index (χ3v) is 7.22. The number of nitrogens with zero attached hydrogens (tertiary/aromatic N) is 5. The average molecular weight is 638 g/mol. The zero-order valence-electron chi connectivity index (χ0n) is 20.3. The molecular weight excluding hydrogens is 620 g/mol. The van der Waals surface area contributed by atoms with Crippen molar-refractivity contribution in [3.63, 3.8) is 0 Å². The van der Waals surface area contributed by atoms with E-state index in [1.54, 1.807) is 36.5 Å². The van der Waals surface area contributed by atoms with Crippen LogP contribution >= 0.6 is 39.1 Å². The Morgan fingerprint density at radius 2 is 1.79 bits per heavy atom. The summed E-state index contributed by atoms with van der Waals surface area (Å²) in [5.74, 6) is -0.598. The van der Waals surface area contributed by atoms with Crippen LogP contribution in [-0.4, -0.2) is 30.3 Å². The summed E-state index contributed by atoms with van der Waals surface area (Å²) in [5.41, 5.74) is 1.88. The van der Waals surface area contributed by atoms with Crippen molar-refractivity contribution in [3.05, 3.63) is 97.3 Å². The monoisotopic (exact) mass is 636 g/mol. The van der Waals surface area contributed by atoms with Gasteiger partial charge in [-0.3, -0.25) is 9.48 Å². The van der Waals surface area contributed by atoms with Crippen molar-refractivity contribution >= 4 is 56.5 Å². The van der Waals surface area contributed by atoms with E-state index in [-0.39, 0.29) is 22.9 Å². The van der Waals surface area contributed by atoms with Crippen molar-refractivity contribution in [2.75, 3.05) is 5.32 Å². The number of aryl methyl sites for hydroxylation is 2. The molecule has 0 spiro atoms. The van der Waals surface area contributed by atoms with Gasteiger partial charge in [-0.1, -0.05) is 41.4 Å². The Balaban J connectivity index is 1.45. The molecule has 0 saturated heterocycles. The number of nitrogens with one attached hydrogen (secondary N) is 1. The van der Waals surface area contributed by atoms with Crippen molar-refractivity contribution < 1.29 is 18.0 Å². The summed E-state index contributed by atoms with van der Waals surface area (Å²) in [6, 6.07) is 12.5. The largest absolute Gasteiger partial charge is 0.433 e. The van der Waals surface area contributed by atoms with Crippen LogP contribution in [0.2, 0.25) is 10.0 Å². The maximum atomic E-state index is 14.0. The summed E-state index contributed by atoms with van der Waals surface area (Å²) in [7, 11) is 0. The molecule has 0 fully saturated rings. The van der Waals surface area contributed by atoms with Gasteiger partial charge in [0.05, 0.1) is 16.7 Å². The molecular formula is C26H18BrCl2F3N6O. The molecule has 5 rings (SSSR count). The number of benzene rings is 2. The molecule has 0 aliphatic rings. The molecule has 3 heterocycles. The summed E-state index contributed by atoms with van der Waals surface area (Å²) in [4.78, 5) is 17.3. The highest BCUT2D eigenvalue weighted by Gasteiger charge is 2.35. The number of carbonyl (C=O) groups is 1. The van der Waals surface area contributed by atoms with E-state index in [0.717, 1.165) is 22.8 Å². The molecule has 3 aromatic heterocycles. The molecule has 5 aromatic rings. The third kappa shape index (κ3) is 5.66. The molecule has 200 valence electrons. The van der Waals surface area contributed by atoms with Crippen molar-refractivity contribution in [3.8, 4) is 11.3 Å². The van der Waals surface area contributed by atoms with E-state index >= 15 is 0 Å². The van der Waals surface area contributed by atoms with Crippen LogP contribution < -0.4 is 5.32 Å². The fraction of sp³-hybridized carbons (Fsp3) is 0.154. The van der Waals surface area contributed by atoms with Crippen LogP contribution in [0.25, 0.3) is 16.9 Å². The van der Waals surface area contributed by atoms with Crippen LogP contribution in [-0.2, 0) is 12.7 Å². The van der Waals surface area contributed by atoms with E-state index in [1.165, 1.54) is 10.7 Å². The summed E-state index contributed by atoms with van der Waals surface area (Å²) in [6.07, 6.45) is -3.11. The van der Waals surface area contributed by atoms with Crippen molar-refractivity contribution in [1.29, 1.82) is 0 Å². The van der Waals surface area contributed by atoms with Crippen LogP contribution in [0.3, 0.4) is 0 Å². The third-order valence-electron chi connectivity index (χ3n) is 6.05. The molecule has 0 unspecified atom stereocenters. The number of hydrogen-bond donors (Lipinski definition) is 1. The zero-order valence-corrected chi connectivity index (χ0v) is 23.4. The minimum absolute atomic E-state index is 0.118. The lowest BCUT2D eigenvalue weighted by atomic mass is 10.0. The Labute approximate surface area is 238 Å². The number of carbonyl (C=O) groups excluding carboxylic acids is 1. The topological polar surface area (TPSA) is 77.1 Å². The van der Waals surface area contributed by atoms with E-state index in [9.17, 15) is 18.0 Å². The second-order valence-corrected chi connectivity index (χ2v) is 10.5. The average Bonchev–Trinajstić information content (AvgIpc) is 3.44. The highest BCUT2D eigenvalue weighted by molar-refractivity contribution is 9.10. The normalized spacial score (nSPS) is 11.8. The lowest BCUT2D eigenvalue weighted by molar-refractivity contribution is -0.142. The van der Waals surface area contributed by atoms with Crippen LogP contribution in [0.5, 0.6) is 0 Å². The van der Waals surface area contributed by atoms with Gasteiger partial charge in [0.1, 0.15) is 0 Å². The van der Waals surface area contributed by atoms with Gasteiger partial charge in [-0.05, 0) is 70.7 Å². The molecule has 13 heteroatoms. The molecule has 0 saturated carbocycles. The first-order valence-electron chi connectivity index (χ1n) is 11.4. The summed E-state index contributed by atoms with van der Waals surface area (Å²) >= 11 is 15.5. The fourth-order valence-corrected chi connectivity index (χ4v) is 4.78. The Morgan fingerprint density at radius 3 is 2.49 bits per heavy atom. The second-order valence-electron chi connectivity index (χ2n) is 8.84. The molecule has 7 nitrogen and oxygen atoms in total. The minimum atomic E-state index is -4.74. The van der Waals surface area contributed by atoms with Gasteiger partial charge in [-0.15, -0.1) is 0 Å². The number of anilines is 1. The fourth-order valence-electron chi connectivity index (χ4n) is 3.89. The lowest BCUT2D eigenvalue weighted by Gasteiger charge is -2.11. The van der Waals surface area contributed by atoms with E-state index in [0.29, 0.717) is 31.1 Å². The number of aromatic nitrogens is 5. The van der Waals surface area contributed by atoms with Crippen LogP contribution in [0.4, 0.5) is 19.0 Å². The van der Waals surface area contributed by atoms with Gasteiger partial charge in [0, 0.05) is 27.9 Å². The zero-order chi connectivity index (χ0) is 28.1. The van der Waals surface area contributed by atoms with E-state index in [4.69, 9.17) is 23.2 Å². The first-order chi connectivity index (χ1) is 18.4. The summed E-state index contributed by atoms with van der Waals surface area (Å²) < 4.78 is 44.5. The molecule has 0 atom stereocenters. The molecule has 1 N–H and O–H groups in total. The van der Waals surface area contributed by atoms with Gasteiger partial charge in [-0.25, -0.2) is 9.50 Å². The predicted molar refractivity (Wildman–Crippen MR) is 146 cm³/mol. The van der Waals surface area contributed by atoms with Crippen LogP contribution in [0, 0.1) is 13.8 Å². The maximum absolute atomic E-state index is 14.0. The van der Waals surface area contributed by atoms with Gasteiger partial charge in [0.2, 0.25) is 0 Å². The number of hydrogen-bond acceptors (Lipinski definition) is 4. The second kappa shape index (κ2) is 10.3. The number of amides is 1. The van der Waals surface area contributed by atoms with Gasteiger partial charge in [-0.2, -0.15) is 23.4 Å². The predicted octanol–water partition coefficient (Wildman–Crippen LogP) is 7.60. The van der Waals surface area contributed by atoms with Crippen LogP contribution in [0.15, 0.2) is 59.2 Å². The number of halogens is 6. The van der Waals surface area contributed by atoms with E-state index in [1.807, 2.05) is 19.9 Å². The SMILES string of the molecule is Cc1ccc(-c2cc(C(F)(F)F)n3nc(C(=O)Nc4nn(Cc5ccc(Cl)cc5Cl)cc4Br)cc3n2)cc1C. The van der Waals surface area contributed by atoms with Gasteiger partial charge < -0.3 is 5.32 Å². The number of rotatable bonds is 5. The quantitative estimate of drug-likeness (QED) is 0.215. The first kappa shape index (κ1) is 27.2. The van der Waals surface area contributed by atoms with Crippen molar-refractivity contribution in [2.24, 2.45) is 0 Å². The smallest absolute Gasteiger partial charge is 0.303 e. The van der Waals surface area contributed by atoms with Gasteiger partial charge in [0.15, 0.2) is 22.9 Å². The number of alkyl halides is 3. The van der Waals surface area contributed by atoms with Crippen molar-refractivity contribution in [2.45, 2.75) is 26.6 Å². The summed E-state index contributed by atoms with van der Waals surface area (Å²) in [6.45, 7) is 4.07. The van der Waals surface area contributed by atoms with E-state index in [2.05, 4.69) is 36.4 Å². The Morgan fingerprint density at radius 1 is 1.03 bits per heavy atom. The minimum Gasteiger partial charge on any atom is -0.303 e. The van der Waals surface area contributed by atoms with Gasteiger partial charge in [0.25, 0.3) is 5.91 Å². The summed E-state index contributed by atoms with van der Waals surface area (Å²) in [5, 5.41) is 11.8. The highest BCUT2D eigenvalue weighted by atomic mass is 79.9. The standard InChI is InChI=1S/C26H18BrCl2F3N6O/c1-13-3-4-15(7-14(13)2)20-9-22(26(30,31)32)38-23(33-20)10-21(35-38)25(39)34-24-18(27)12-37(36-24)11-16-5-6-17(28)8-19(16)29/h3-10,12H,11H2,1-2H3,(H,34,36,39). The maximum Gasteiger partial charge on any atom is 0.433 e. The van der Waals surface area contributed by atoms with Crippen molar-refractivity contribution in [1.82, 2.24) is 24.4 Å². The molecule has 0 radical (unpaired) electrons. The molecule has 0 aliphatic carbocycles. The van der Waals surface area contributed by atoms with Crippen LogP contribution in [0.1, 0.15) is 32.9 Å². The highest BCUT2D eigenvalue weighted by Crippen LogP contribution is 2.33. The Hall–Kier alpha value is -3.41. The Kier molecular flexibility index (Phi) is 7.17. The molecule has 1 amide bonds. The Bertz CT molecular complexity index is 1750. The van der Waals surface area contributed by atoms with E-state index < -0.39 is 17.8 Å². The lowest BCUT2D eigenvalue weighted by Crippen LogP contribution is -2.16. The first-order valence-corrected chi connectivity index (χ1v) is 13.0. The van der Waals surface area contributed by atoms with Gasteiger partial charge >= 0.3 is 6.18 Å². The molecule has 0 aliphatic heterocycles. The molecule has 2 aromatic carbocycles. The number of fused-ring (bicyclic) bond motifs is 1.